The maximum absolute atomic E-state index is 11.8. The van der Waals surface area contributed by atoms with Gasteiger partial charge in [-0.15, -0.1) is 0 Å². The number of thiazole rings is 1. The van der Waals surface area contributed by atoms with Crippen LogP contribution in [0.15, 0.2) is 45.9 Å². The third-order valence-electron chi connectivity index (χ3n) is 3.75. The summed E-state index contributed by atoms with van der Waals surface area (Å²) in [4.78, 5) is 16.3. The molecule has 6 heteroatoms. The Morgan fingerprint density at radius 1 is 1.26 bits per heavy atom. The largest absolute Gasteiger partial charge is 0.307 e. The van der Waals surface area contributed by atoms with Crippen LogP contribution >= 0.6 is 23.1 Å². The average Bonchev–Trinajstić information content (AvgIpc) is 3.11. The number of aromatic nitrogens is 3. The molecular formula is C17H19N3OS2. The molecule has 23 heavy (non-hydrogen) atoms. The molecule has 2 heterocycles. The van der Waals surface area contributed by atoms with Crippen molar-refractivity contribution in [1.82, 2.24) is 14.1 Å². The van der Waals surface area contributed by atoms with Crippen molar-refractivity contribution in [2.45, 2.75) is 32.5 Å². The van der Waals surface area contributed by atoms with Gasteiger partial charge < -0.3 is 4.57 Å². The molecule has 3 aromatic rings. The lowest BCUT2D eigenvalue weighted by Crippen LogP contribution is -2.16. The molecule has 0 aliphatic rings. The molecule has 0 saturated heterocycles. The van der Waals surface area contributed by atoms with Gasteiger partial charge in [0.2, 0.25) is 0 Å². The topological polar surface area (TPSA) is 39.8 Å². The van der Waals surface area contributed by atoms with E-state index >= 15 is 0 Å². The average molecular weight is 345 g/mol. The number of aryl methyl sites for hydroxylation is 3. The molecule has 1 aromatic carbocycles. The Morgan fingerprint density at radius 2 is 2.09 bits per heavy atom. The lowest BCUT2D eigenvalue weighted by molar-refractivity contribution is 0.729. The summed E-state index contributed by atoms with van der Waals surface area (Å²) in [7, 11) is 0. The van der Waals surface area contributed by atoms with Crippen LogP contribution in [0.5, 0.6) is 0 Å². The minimum atomic E-state index is 0.112. The van der Waals surface area contributed by atoms with Gasteiger partial charge in [0.15, 0.2) is 5.16 Å². The second kappa shape index (κ2) is 6.76. The summed E-state index contributed by atoms with van der Waals surface area (Å²) in [5.41, 5.74) is 4.64. The first-order chi connectivity index (χ1) is 11.1. The van der Waals surface area contributed by atoms with Gasteiger partial charge in [0.05, 0.1) is 5.69 Å². The van der Waals surface area contributed by atoms with Crippen molar-refractivity contribution in [2.24, 2.45) is 0 Å². The van der Waals surface area contributed by atoms with Gasteiger partial charge in [0, 0.05) is 35.8 Å². The first kappa shape index (κ1) is 16.1. The summed E-state index contributed by atoms with van der Waals surface area (Å²) in [5, 5.41) is 2.86. The Labute approximate surface area is 143 Å². The number of thioether (sulfide) groups is 1. The van der Waals surface area contributed by atoms with Gasteiger partial charge in [-0.05, 0) is 38.0 Å². The van der Waals surface area contributed by atoms with Crippen LogP contribution in [0.1, 0.15) is 16.8 Å². The zero-order chi connectivity index (χ0) is 16.4. The van der Waals surface area contributed by atoms with Gasteiger partial charge in [-0.2, -0.15) is 0 Å². The summed E-state index contributed by atoms with van der Waals surface area (Å²) in [5.74, 6) is 0.819. The molecule has 0 atom stereocenters. The molecule has 0 aliphatic heterocycles. The first-order valence-corrected chi connectivity index (χ1v) is 9.31. The Kier molecular flexibility index (Phi) is 4.73. The van der Waals surface area contributed by atoms with Crippen molar-refractivity contribution in [2.75, 3.05) is 5.75 Å². The van der Waals surface area contributed by atoms with E-state index in [4.69, 9.17) is 0 Å². The highest BCUT2D eigenvalue weighted by Gasteiger charge is 2.09. The SMILES string of the molecule is Cc1ccc(C)c(-n2ccnc2SCCn2c(C)csc2=O)c1. The zero-order valence-corrected chi connectivity index (χ0v) is 15.1. The molecule has 0 fully saturated rings. The van der Waals surface area contributed by atoms with E-state index in [1.165, 1.54) is 22.5 Å². The summed E-state index contributed by atoms with van der Waals surface area (Å²) >= 11 is 2.94. The molecule has 0 spiro atoms. The Morgan fingerprint density at radius 3 is 2.83 bits per heavy atom. The molecule has 0 radical (unpaired) electrons. The van der Waals surface area contributed by atoms with Gasteiger partial charge in [0.1, 0.15) is 0 Å². The van der Waals surface area contributed by atoms with Crippen molar-refractivity contribution in [1.29, 1.82) is 0 Å². The lowest BCUT2D eigenvalue weighted by Gasteiger charge is -2.11. The molecule has 0 aliphatic carbocycles. The maximum atomic E-state index is 11.8. The second-order valence-electron chi connectivity index (χ2n) is 5.51. The molecule has 0 unspecified atom stereocenters. The number of hydrogen-bond donors (Lipinski definition) is 0. The molecule has 4 nitrogen and oxygen atoms in total. The molecule has 0 N–H and O–H groups in total. The van der Waals surface area contributed by atoms with Crippen LogP contribution in [0.2, 0.25) is 0 Å². The van der Waals surface area contributed by atoms with Crippen LogP contribution in [-0.2, 0) is 6.54 Å². The molecule has 0 saturated carbocycles. The second-order valence-corrected chi connectivity index (χ2v) is 7.40. The highest BCUT2D eigenvalue weighted by atomic mass is 32.2. The lowest BCUT2D eigenvalue weighted by atomic mass is 10.1. The fourth-order valence-electron chi connectivity index (χ4n) is 2.46. The Balaban J connectivity index is 1.77. The number of imidazole rings is 1. The standard InChI is InChI=1S/C17H19N3OS2/c1-12-4-5-13(2)15(10-12)20-7-6-18-16(20)22-9-8-19-14(3)11-23-17(19)21/h4-7,10-11H,8-9H2,1-3H3. The van der Waals surface area contributed by atoms with Crippen molar-refractivity contribution >= 4 is 23.1 Å². The van der Waals surface area contributed by atoms with E-state index in [2.05, 4.69) is 41.6 Å². The highest BCUT2D eigenvalue weighted by molar-refractivity contribution is 7.99. The minimum absolute atomic E-state index is 0.112. The van der Waals surface area contributed by atoms with E-state index in [0.717, 1.165) is 22.3 Å². The van der Waals surface area contributed by atoms with Crippen LogP contribution in [0.4, 0.5) is 0 Å². The van der Waals surface area contributed by atoms with E-state index in [9.17, 15) is 4.79 Å². The van der Waals surface area contributed by atoms with E-state index in [1.807, 2.05) is 29.3 Å². The summed E-state index contributed by atoms with van der Waals surface area (Å²) in [6.07, 6.45) is 3.82. The quantitative estimate of drug-likeness (QED) is 0.660. The number of hydrogen-bond acceptors (Lipinski definition) is 4. The van der Waals surface area contributed by atoms with E-state index < -0.39 is 0 Å². The molecule has 0 bridgehead atoms. The first-order valence-electron chi connectivity index (χ1n) is 7.45. The van der Waals surface area contributed by atoms with Crippen LogP contribution in [0.25, 0.3) is 5.69 Å². The van der Waals surface area contributed by atoms with E-state index in [0.29, 0.717) is 6.54 Å². The fraction of sp³-hybridized carbons (Fsp3) is 0.294. The van der Waals surface area contributed by atoms with Gasteiger partial charge in [0.25, 0.3) is 0 Å². The predicted octanol–water partition coefficient (Wildman–Crippen LogP) is 3.81. The van der Waals surface area contributed by atoms with Gasteiger partial charge in [-0.3, -0.25) is 9.36 Å². The third-order valence-corrected chi connectivity index (χ3v) is 5.58. The van der Waals surface area contributed by atoms with Crippen LogP contribution in [0.3, 0.4) is 0 Å². The number of benzene rings is 1. The Bertz CT molecular complexity index is 876. The van der Waals surface area contributed by atoms with Gasteiger partial charge in [-0.1, -0.05) is 35.2 Å². The smallest absolute Gasteiger partial charge is 0.303 e. The highest BCUT2D eigenvalue weighted by Crippen LogP contribution is 2.23. The minimum Gasteiger partial charge on any atom is -0.303 e. The third kappa shape index (κ3) is 3.43. The number of rotatable bonds is 5. The normalized spacial score (nSPS) is 11.1. The molecular weight excluding hydrogens is 326 g/mol. The summed E-state index contributed by atoms with van der Waals surface area (Å²) in [6, 6.07) is 6.43. The van der Waals surface area contributed by atoms with Gasteiger partial charge in [-0.25, -0.2) is 4.98 Å². The maximum Gasteiger partial charge on any atom is 0.307 e. The van der Waals surface area contributed by atoms with Gasteiger partial charge >= 0.3 is 4.87 Å². The molecule has 0 amide bonds. The molecule has 120 valence electrons. The monoisotopic (exact) mass is 345 g/mol. The summed E-state index contributed by atoms with van der Waals surface area (Å²) < 4.78 is 3.94. The molecule has 2 aromatic heterocycles. The van der Waals surface area contributed by atoms with Crippen molar-refractivity contribution in [3.05, 3.63) is 62.5 Å². The van der Waals surface area contributed by atoms with Crippen molar-refractivity contribution in [3.8, 4) is 5.69 Å². The summed E-state index contributed by atoms with van der Waals surface area (Å²) in [6.45, 7) is 6.88. The number of nitrogens with zero attached hydrogens (tertiary/aromatic N) is 3. The molecule has 3 rings (SSSR count). The van der Waals surface area contributed by atoms with E-state index in [1.54, 1.807) is 11.8 Å². The Hall–Kier alpha value is -1.79. The van der Waals surface area contributed by atoms with Crippen molar-refractivity contribution < 1.29 is 0 Å². The van der Waals surface area contributed by atoms with Crippen LogP contribution in [0, 0.1) is 20.8 Å². The zero-order valence-electron chi connectivity index (χ0n) is 13.4. The van der Waals surface area contributed by atoms with E-state index in [-0.39, 0.29) is 4.87 Å². The van der Waals surface area contributed by atoms with Crippen molar-refractivity contribution in [3.63, 3.8) is 0 Å². The predicted molar refractivity (Wildman–Crippen MR) is 97.1 cm³/mol. The fourth-order valence-corrected chi connectivity index (χ4v) is 4.11. The van der Waals surface area contributed by atoms with Crippen LogP contribution < -0.4 is 4.87 Å². The van der Waals surface area contributed by atoms with Crippen LogP contribution in [-0.4, -0.2) is 19.9 Å².